The molecule has 0 unspecified atom stereocenters. The van der Waals surface area contributed by atoms with Crippen LogP contribution in [0.2, 0.25) is 0 Å². The smallest absolute Gasteiger partial charge is 0.224 e. The Bertz CT molecular complexity index is 1360. The fraction of sp³-hybridized carbons (Fsp3) is 0.375. The summed E-state index contributed by atoms with van der Waals surface area (Å²) in [6.07, 6.45) is 9.52. The molecule has 0 aliphatic carbocycles. The number of allylic oxidation sites excluding steroid dienone is 1. The number of amides is 1. The van der Waals surface area contributed by atoms with Gasteiger partial charge in [0.1, 0.15) is 11.6 Å². The number of carbonyl (C=O) groups excluding carboxylic acids is 1. The first-order valence-corrected chi connectivity index (χ1v) is 14.0. The van der Waals surface area contributed by atoms with E-state index < -0.39 is 11.6 Å². The number of hydrogen-bond donors (Lipinski definition) is 3. The third-order valence-electron chi connectivity index (χ3n) is 6.63. The van der Waals surface area contributed by atoms with Gasteiger partial charge in [-0.15, -0.1) is 0 Å². The summed E-state index contributed by atoms with van der Waals surface area (Å²) in [7, 11) is 0. The van der Waals surface area contributed by atoms with Gasteiger partial charge in [0.05, 0.1) is 22.9 Å². The van der Waals surface area contributed by atoms with Gasteiger partial charge in [0.15, 0.2) is 0 Å². The number of halogens is 2. The van der Waals surface area contributed by atoms with Crippen LogP contribution in [0.3, 0.4) is 0 Å². The molecule has 212 valence electrons. The van der Waals surface area contributed by atoms with Gasteiger partial charge in [0, 0.05) is 48.1 Å². The summed E-state index contributed by atoms with van der Waals surface area (Å²) < 4.78 is 30.4. The maximum absolute atomic E-state index is 15.2. The van der Waals surface area contributed by atoms with Crippen molar-refractivity contribution in [3.8, 4) is 11.1 Å². The van der Waals surface area contributed by atoms with Gasteiger partial charge in [0.2, 0.25) is 5.91 Å². The Morgan fingerprint density at radius 1 is 1.10 bits per heavy atom. The van der Waals surface area contributed by atoms with Gasteiger partial charge in [-0.25, -0.2) is 13.8 Å². The molecular weight excluding hydrogens is 508 g/mol. The third kappa shape index (κ3) is 8.04. The summed E-state index contributed by atoms with van der Waals surface area (Å²) in [4.78, 5) is 21.2. The minimum atomic E-state index is -0.714. The largest absolute Gasteiger partial charge is 0.388 e. The van der Waals surface area contributed by atoms with Crippen molar-refractivity contribution in [3.05, 3.63) is 77.8 Å². The molecule has 0 radical (unpaired) electrons. The van der Waals surface area contributed by atoms with E-state index in [-0.39, 0.29) is 24.3 Å². The van der Waals surface area contributed by atoms with Crippen molar-refractivity contribution in [3.63, 3.8) is 0 Å². The Balaban J connectivity index is 1.92. The van der Waals surface area contributed by atoms with Gasteiger partial charge in [0.25, 0.3) is 0 Å². The second-order valence-electron chi connectivity index (χ2n) is 9.99. The van der Waals surface area contributed by atoms with Gasteiger partial charge < -0.3 is 16.0 Å². The Hall–Kier alpha value is -3.94. The van der Waals surface area contributed by atoms with Crippen molar-refractivity contribution < 1.29 is 13.6 Å². The van der Waals surface area contributed by atoms with E-state index in [1.54, 1.807) is 30.6 Å². The standard InChI is InChI=1S/C32H39F2N5O/c1-5-9-24(10-6-2)37-19-23(18-35)30-20-38-29-12-8-11-25(32(29)39-30)22-16-27(33)26(28(34)17-22)14-21(4)15-31(40)36-13-7-3/h8,11-12,16-20,24,35,37H,4-7,9-10,13-15H2,1-3H3,(H,36,40)/b23-19+,35-18?. The zero-order chi connectivity index (χ0) is 29.1. The number of aromatic nitrogens is 2. The van der Waals surface area contributed by atoms with Crippen LogP contribution in [0.25, 0.3) is 27.7 Å². The SMILES string of the molecule is C=C(CC(=O)NCCC)Cc1c(F)cc(-c2cccc3ncc(/C(C=N)=C/NC(CCC)CCC)nc23)cc1F. The maximum atomic E-state index is 15.2. The Morgan fingerprint density at radius 2 is 1.80 bits per heavy atom. The number of hydrogen-bond acceptors (Lipinski definition) is 5. The molecule has 0 atom stereocenters. The second-order valence-corrected chi connectivity index (χ2v) is 9.99. The molecule has 8 heteroatoms. The highest BCUT2D eigenvalue weighted by Crippen LogP contribution is 2.31. The average molecular weight is 548 g/mol. The van der Waals surface area contributed by atoms with E-state index in [1.807, 2.05) is 6.92 Å². The number of fused-ring (bicyclic) bond motifs is 1. The highest BCUT2D eigenvalue weighted by Gasteiger charge is 2.17. The number of benzene rings is 2. The quantitative estimate of drug-likeness (QED) is 0.139. The summed E-state index contributed by atoms with van der Waals surface area (Å²) in [5.74, 6) is -1.64. The lowest BCUT2D eigenvalue weighted by molar-refractivity contribution is -0.120. The minimum absolute atomic E-state index is 0.0116. The molecule has 6 nitrogen and oxygen atoms in total. The zero-order valence-electron chi connectivity index (χ0n) is 23.6. The van der Waals surface area contributed by atoms with Crippen LogP contribution in [-0.4, -0.2) is 34.7 Å². The highest BCUT2D eigenvalue weighted by atomic mass is 19.1. The molecule has 0 bridgehead atoms. The van der Waals surface area contributed by atoms with Gasteiger partial charge in [-0.3, -0.25) is 9.78 Å². The highest BCUT2D eigenvalue weighted by molar-refractivity contribution is 6.08. The molecule has 1 amide bonds. The molecule has 0 fully saturated rings. The van der Waals surface area contributed by atoms with Crippen LogP contribution in [-0.2, 0) is 11.2 Å². The molecule has 0 saturated carbocycles. The Kier molecular flexibility index (Phi) is 11.5. The van der Waals surface area contributed by atoms with Crippen LogP contribution < -0.4 is 10.6 Å². The van der Waals surface area contributed by atoms with E-state index in [1.165, 1.54) is 18.3 Å². The van der Waals surface area contributed by atoms with Gasteiger partial charge in [-0.05, 0) is 49.4 Å². The lowest BCUT2D eigenvalue weighted by Crippen LogP contribution is -2.24. The summed E-state index contributed by atoms with van der Waals surface area (Å²) in [5.41, 5.74) is 3.27. The molecule has 3 N–H and O–H groups in total. The number of carbonyl (C=O) groups is 1. The molecule has 40 heavy (non-hydrogen) atoms. The molecule has 0 aliphatic rings. The number of rotatable bonds is 15. The normalized spacial score (nSPS) is 11.6. The molecule has 3 rings (SSSR count). The van der Waals surface area contributed by atoms with Crippen molar-refractivity contribution in [2.45, 2.75) is 71.8 Å². The molecule has 3 aromatic rings. The van der Waals surface area contributed by atoms with Crippen LogP contribution in [0.15, 0.2) is 54.9 Å². The van der Waals surface area contributed by atoms with Crippen LogP contribution in [0, 0.1) is 17.0 Å². The predicted molar refractivity (Wildman–Crippen MR) is 159 cm³/mol. The van der Waals surface area contributed by atoms with E-state index in [0.717, 1.165) is 32.1 Å². The van der Waals surface area contributed by atoms with Crippen LogP contribution >= 0.6 is 0 Å². The van der Waals surface area contributed by atoms with Crippen molar-refractivity contribution in [1.29, 1.82) is 5.41 Å². The van der Waals surface area contributed by atoms with E-state index >= 15 is 8.78 Å². The van der Waals surface area contributed by atoms with Crippen LogP contribution in [0.4, 0.5) is 8.78 Å². The first kappa shape index (κ1) is 30.6. The average Bonchev–Trinajstić information content (AvgIpc) is 2.93. The van der Waals surface area contributed by atoms with Crippen molar-refractivity contribution in [2.75, 3.05) is 6.54 Å². The summed E-state index contributed by atoms with van der Waals surface area (Å²) in [5, 5.41) is 14.1. The summed E-state index contributed by atoms with van der Waals surface area (Å²) in [6.45, 7) is 10.6. The number of para-hydroxylation sites is 1. The minimum Gasteiger partial charge on any atom is -0.388 e. The van der Waals surface area contributed by atoms with Gasteiger partial charge in [-0.2, -0.15) is 0 Å². The van der Waals surface area contributed by atoms with E-state index in [9.17, 15) is 4.79 Å². The van der Waals surface area contributed by atoms with Gasteiger partial charge >= 0.3 is 0 Å². The second kappa shape index (κ2) is 15.0. The number of nitrogens with one attached hydrogen (secondary N) is 3. The number of nitrogens with zero attached hydrogens (tertiary/aromatic N) is 2. The van der Waals surface area contributed by atoms with E-state index in [4.69, 9.17) is 10.4 Å². The Morgan fingerprint density at radius 3 is 2.42 bits per heavy atom. The molecule has 1 heterocycles. The molecule has 0 saturated heterocycles. The predicted octanol–water partition coefficient (Wildman–Crippen LogP) is 7.14. The Labute approximate surface area is 235 Å². The summed E-state index contributed by atoms with van der Waals surface area (Å²) in [6, 6.07) is 8.16. The lowest BCUT2D eigenvalue weighted by atomic mass is 9.97. The first-order chi connectivity index (χ1) is 19.3. The zero-order valence-corrected chi connectivity index (χ0v) is 23.6. The van der Waals surface area contributed by atoms with Crippen molar-refractivity contribution in [2.24, 2.45) is 0 Å². The first-order valence-electron chi connectivity index (χ1n) is 14.0. The molecule has 2 aromatic carbocycles. The summed E-state index contributed by atoms with van der Waals surface area (Å²) >= 11 is 0. The monoisotopic (exact) mass is 547 g/mol. The van der Waals surface area contributed by atoms with Crippen molar-refractivity contribution >= 4 is 28.7 Å². The van der Waals surface area contributed by atoms with Crippen molar-refractivity contribution in [1.82, 2.24) is 20.6 Å². The topological polar surface area (TPSA) is 90.8 Å². The fourth-order valence-electron chi connectivity index (χ4n) is 4.60. The van der Waals surface area contributed by atoms with E-state index in [0.29, 0.717) is 51.6 Å². The molecule has 1 aromatic heterocycles. The molecular formula is C32H39F2N5O. The van der Waals surface area contributed by atoms with Gasteiger partial charge in [-0.1, -0.05) is 57.9 Å². The molecule has 0 aliphatic heterocycles. The fourth-order valence-corrected chi connectivity index (χ4v) is 4.60. The molecule has 0 spiro atoms. The maximum Gasteiger partial charge on any atom is 0.224 e. The van der Waals surface area contributed by atoms with Crippen LogP contribution in [0.1, 0.15) is 70.6 Å². The third-order valence-corrected chi connectivity index (χ3v) is 6.63. The lowest BCUT2D eigenvalue weighted by Gasteiger charge is -2.16. The van der Waals surface area contributed by atoms with Crippen LogP contribution in [0.5, 0.6) is 0 Å². The van der Waals surface area contributed by atoms with E-state index in [2.05, 4.69) is 36.0 Å².